The highest BCUT2D eigenvalue weighted by Gasteiger charge is 2.12. The molecule has 2 heterocycles. The summed E-state index contributed by atoms with van der Waals surface area (Å²) in [6.45, 7) is 3.58. The fraction of sp³-hybridized carbons (Fsp3) is 0.500. The van der Waals surface area contributed by atoms with Crippen LogP contribution in [-0.2, 0) is 11.3 Å². The lowest BCUT2D eigenvalue weighted by Gasteiger charge is -2.07. The normalized spacial score (nSPS) is 11.3. The predicted molar refractivity (Wildman–Crippen MR) is 73.4 cm³/mol. The molecule has 2 aromatic rings. The summed E-state index contributed by atoms with van der Waals surface area (Å²) in [4.78, 5) is 8.52. The van der Waals surface area contributed by atoms with Crippen molar-refractivity contribution in [3.63, 3.8) is 0 Å². The molecule has 0 aliphatic rings. The van der Waals surface area contributed by atoms with Gasteiger partial charge in [0.15, 0.2) is 5.15 Å². The lowest BCUT2D eigenvalue weighted by Crippen LogP contribution is -2.02. The van der Waals surface area contributed by atoms with Crippen LogP contribution < -0.4 is 0 Å². The SMILES string of the molecule is COCCCCn1c(C)nc2cc(Cl)nc(Cl)c21. The summed E-state index contributed by atoms with van der Waals surface area (Å²) in [6, 6.07) is 1.74. The maximum absolute atomic E-state index is 6.14. The second kappa shape index (κ2) is 5.87. The molecule has 18 heavy (non-hydrogen) atoms. The summed E-state index contributed by atoms with van der Waals surface area (Å²) < 4.78 is 7.12. The van der Waals surface area contributed by atoms with Gasteiger partial charge in [0, 0.05) is 26.3 Å². The Morgan fingerprint density at radius 3 is 2.78 bits per heavy atom. The average Bonchev–Trinajstić information content (AvgIpc) is 2.61. The Hall–Kier alpha value is -0.840. The number of aryl methyl sites for hydroxylation is 2. The summed E-state index contributed by atoms with van der Waals surface area (Å²) >= 11 is 12.0. The number of imidazole rings is 1. The molecule has 0 bridgehead atoms. The van der Waals surface area contributed by atoms with Crippen LogP contribution in [0.2, 0.25) is 10.3 Å². The van der Waals surface area contributed by atoms with Gasteiger partial charge in [-0.3, -0.25) is 0 Å². The zero-order valence-corrected chi connectivity index (χ0v) is 11.9. The number of rotatable bonds is 5. The molecule has 0 fully saturated rings. The lowest BCUT2D eigenvalue weighted by molar-refractivity contribution is 0.191. The Bertz CT molecular complexity index is 554. The topological polar surface area (TPSA) is 39.9 Å². The summed E-state index contributed by atoms with van der Waals surface area (Å²) in [6.07, 6.45) is 2.02. The number of pyridine rings is 1. The molecule has 0 aliphatic carbocycles. The van der Waals surface area contributed by atoms with E-state index in [1.807, 2.05) is 6.92 Å². The molecular weight excluding hydrogens is 273 g/mol. The molecule has 98 valence electrons. The van der Waals surface area contributed by atoms with Crippen LogP contribution in [0.1, 0.15) is 18.7 Å². The van der Waals surface area contributed by atoms with Crippen molar-refractivity contribution in [1.82, 2.24) is 14.5 Å². The van der Waals surface area contributed by atoms with Crippen molar-refractivity contribution in [2.45, 2.75) is 26.3 Å². The van der Waals surface area contributed by atoms with E-state index in [1.165, 1.54) is 0 Å². The molecule has 6 heteroatoms. The van der Waals surface area contributed by atoms with Gasteiger partial charge in [0.1, 0.15) is 16.5 Å². The monoisotopic (exact) mass is 287 g/mol. The first-order chi connectivity index (χ1) is 8.63. The highest BCUT2D eigenvalue weighted by atomic mass is 35.5. The molecule has 0 aliphatic heterocycles. The molecule has 0 radical (unpaired) electrons. The molecule has 0 spiro atoms. The predicted octanol–water partition coefficient (Wildman–Crippen LogP) is 3.47. The molecule has 0 aromatic carbocycles. The van der Waals surface area contributed by atoms with Gasteiger partial charge in [-0.15, -0.1) is 0 Å². The molecule has 0 saturated carbocycles. The molecule has 0 atom stereocenters. The molecule has 0 amide bonds. The second-order valence-corrected chi connectivity index (χ2v) is 4.86. The third kappa shape index (κ3) is 2.76. The largest absolute Gasteiger partial charge is 0.385 e. The number of ether oxygens (including phenoxy) is 1. The van der Waals surface area contributed by atoms with E-state index < -0.39 is 0 Å². The zero-order chi connectivity index (χ0) is 13.1. The van der Waals surface area contributed by atoms with Gasteiger partial charge in [0.25, 0.3) is 0 Å². The number of halogens is 2. The van der Waals surface area contributed by atoms with E-state index in [4.69, 9.17) is 27.9 Å². The van der Waals surface area contributed by atoms with Crippen molar-refractivity contribution < 1.29 is 4.74 Å². The minimum Gasteiger partial charge on any atom is -0.385 e. The molecule has 4 nitrogen and oxygen atoms in total. The third-order valence-electron chi connectivity index (χ3n) is 2.82. The third-order valence-corrected chi connectivity index (χ3v) is 3.28. The first-order valence-corrected chi connectivity index (χ1v) is 6.57. The lowest BCUT2D eigenvalue weighted by atomic mass is 10.3. The van der Waals surface area contributed by atoms with Crippen LogP contribution in [0.4, 0.5) is 0 Å². The van der Waals surface area contributed by atoms with Crippen molar-refractivity contribution in [3.8, 4) is 0 Å². The van der Waals surface area contributed by atoms with Gasteiger partial charge in [-0.1, -0.05) is 23.2 Å². The first-order valence-electron chi connectivity index (χ1n) is 5.81. The number of aromatic nitrogens is 3. The second-order valence-electron chi connectivity index (χ2n) is 4.11. The van der Waals surface area contributed by atoms with Gasteiger partial charge in [0.2, 0.25) is 0 Å². The molecule has 2 rings (SSSR count). The Morgan fingerprint density at radius 2 is 2.06 bits per heavy atom. The first kappa shape index (κ1) is 13.6. The fourth-order valence-corrected chi connectivity index (χ4v) is 2.51. The van der Waals surface area contributed by atoms with Gasteiger partial charge >= 0.3 is 0 Å². The van der Waals surface area contributed by atoms with Crippen molar-refractivity contribution >= 4 is 34.2 Å². The van der Waals surface area contributed by atoms with E-state index in [1.54, 1.807) is 13.2 Å². The van der Waals surface area contributed by atoms with Crippen LogP contribution in [0.3, 0.4) is 0 Å². The fourth-order valence-electron chi connectivity index (χ4n) is 1.99. The quantitative estimate of drug-likeness (QED) is 0.624. The molecule has 0 saturated heterocycles. The molecule has 0 N–H and O–H groups in total. The summed E-state index contributed by atoms with van der Waals surface area (Å²) in [5.41, 5.74) is 1.65. The minimum absolute atomic E-state index is 0.372. The molecule has 2 aromatic heterocycles. The number of methoxy groups -OCH3 is 1. The van der Waals surface area contributed by atoms with Crippen LogP contribution >= 0.6 is 23.2 Å². The zero-order valence-electron chi connectivity index (χ0n) is 10.4. The van der Waals surface area contributed by atoms with Gasteiger partial charge in [0.05, 0.1) is 5.52 Å². The Kier molecular flexibility index (Phi) is 4.43. The highest BCUT2D eigenvalue weighted by molar-refractivity contribution is 6.36. The van der Waals surface area contributed by atoms with Gasteiger partial charge in [-0.25, -0.2) is 9.97 Å². The van der Waals surface area contributed by atoms with Crippen LogP contribution in [-0.4, -0.2) is 28.3 Å². The van der Waals surface area contributed by atoms with Crippen molar-refractivity contribution in [2.75, 3.05) is 13.7 Å². The number of unbranched alkanes of at least 4 members (excludes halogenated alkanes) is 1. The number of hydrogen-bond donors (Lipinski definition) is 0. The standard InChI is InChI=1S/C12H15Cl2N3O/c1-8-15-9-7-10(13)16-12(14)11(9)17(8)5-3-4-6-18-2/h7H,3-6H2,1-2H3. The van der Waals surface area contributed by atoms with Gasteiger partial charge in [-0.2, -0.15) is 0 Å². The van der Waals surface area contributed by atoms with E-state index in [-0.39, 0.29) is 0 Å². The van der Waals surface area contributed by atoms with Crippen molar-refractivity contribution in [2.24, 2.45) is 0 Å². The van der Waals surface area contributed by atoms with Gasteiger partial charge < -0.3 is 9.30 Å². The molecule has 0 unspecified atom stereocenters. The summed E-state index contributed by atoms with van der Waals surface area (Å²) in [5.74, 6) is 0.924. The Balaban J connectivity index is 2.29. The minimum atomic E-state index is 0.372. The van der Waals surface area contributed by atoms with Gasteiger partial charge in [-0.05, 0) is 19.8 Å². The van der Waals surface area contributed by atoms with Crippen LogP contribution in [0.15, 0.2) is 6.07 Å². The number of hydrogen-bond acceptors (Lipinski definition) is 3. The number of nitrogens with zero attached hydrogens (tertiary/aromatic N) is 3. The van der Waals surface area contributed by atoms with Crippen molar-refractivity contribution in [3.05, 3.63) is 22.2 Å². The van der Waals surface area contributed by atoms with E-state index in [2.05, 4.69) is 14.5 Å². The average molecular weight is 288 g/mol. The number of fused-ring (bicyclic) bond motifs is 1. The van der Waals surface area contributed by atoms with Crippen LogP contribution in [0.25, 0.3) is 11.0 Å². The Labute approximate surface area is 116 Å². The van der Waals surface area contributed by atoms with Crippen LogP contribution in [0.5, 0.6) is 0 Å². The smallest absolute Gasteiger partial charge is 0.156 e. The van der Waals surface area contributed by atoms with E-state index in [0.717, 1.165) is 42.9 Å². The summed E-state index contributed by atoms with van der Waals surface area (Å²) in [7, 11) is 1.71. The maximum atomic E-state index is 6.14. The maximum Gasteiger partial charge on any atom is 0.156 e. The summed E-state index contributed by atoms with van der Waals surface area (Å²) in [5, 5.41) is 0.779. The van der Waals surface area contributed by atoms with E-state index in [9.17, 15) is 0 Å². The van der Waals surface area contributed by atoms with Crippen LogP contribution in [0, 0.1) is 6.92 Å². The molecular formula is C12H15Cl2N3O. The van der Waals surface area contributed by atoms with E-state index >= 15 is 0 Å². The highest BCUT2D eigenvalue weighted by Crippen LogP contribution is 2.26. The Morgan fingerprint density at radius 1 is 1.28 bits per heavy atom. The van der Waals surface area contributed by atoms with E-state index in [0.29, 0.717) is 10.3 Å². The van der Waals surface area contributed by atoms with Crippen molar-refractivity contribution in [1.29, 1.82) is 0 Å².